The van der Waals surface area contributed by atoms with Crippen LogP contribution in [0.1, 0.15) is 12.0 Å². The van der Waals surface area contributed by atoms with E-state index in [1.165, 1.54) is 0 Å². The Morgan fingerprint density at radius 3 is 2.68 bits per heavy atom. The van der Waals surface area contributed by atoms with Gasteiger partial charge in [-0.3, -0.25) is 9.69 Å². The number of piperazine rings is 1. The molecule has 1 saturated heterocycles. The number of hydrogen-bond acceptors (Lipinski definition) is 4. The van der Waals surface area contributed by atoms with Gasteiger partial charge >= 0.3 is 0 Å². The number of rotatable bonds is 6. The van der Waals surface area contributed by atoms with E-state index in [2.05, 4.69) is 4.90 Å². The zero-order valence-corrected chi connectivity index (χ0v) is 13.8. The first-order valence-electron chi connectivity index (χ1n) is 7.69. The number of nitrogens with two attached hydrogens (primary N) is 1. The van der Waals surface area contributed by atoms with Crippen LogP contribution in [0.25, 0.3) is 0 Å². The molecule has 0 spiro atoms. The maximum Gasteiger partial charge on any atom is 0.260 e. The topological polar surface area (TPSA) is 58.8 Å². The Balaban J connectivity index is 1.75. The number of nitrogens with zero attached hydrogens (tertiary/aromatic N) is 2. The predicted molar refractivity (Wildman–Crippen MR) is 88.4 cm³/mol. The number of amides is 1. The molecule has 1 heterocycles. The number of carbonyl (C=O) groups excluding carboxylic acids is 1. The zero-order chi connectivity index (χ0) is 15.9. The summed E-state index contributed by atoms with van der Waals surface area (Å²) in [4.78, 5) is 16.4. The van der Waals surface area contributed by atoms with Gasteiger partial charge in [0, 0.05) is 31.2 Å². The van der Waals surface area contributed by atoms with E-state index in [9.17, 15) is 4.79 Å². The molecule has 1 aliphatic heterocycles. The first-order valence-corrected chi connectivity index (χ1v) is 8.07. The summed E-state index contributed by atoms with van der Waals surface area (Å²) in [5.74, 6) is 0.711. The third kappa shape index (κ3) is 4.87. The lowest BCUT2D eigenvalue weighted by molar-refractivity contribution is -0.135. The molecule has 122 valence electrons. The van der Waals surface area contributed by atoms with Gasteiger partial charge in [0.2, 0.25) is 0 Å². The van der Waals surface area contributed by atoms with E-state index in [-0.39, 0.29) is 12.5 Å². The van der Waals surface area contributed by atoms with Gasteiger partial charge < -0.3 is 15.4 Å². The maximum absolute atomic E-state index is 12.2. The molecule has 1 aromatic rings. The fourth-order valence-corrected chi connectivity index (χ4v) is 2.60. The quantitative estimate of drug-likeness (QED) is 0.861. The zero-order valence-electron chi connectivity index (χ0n) is 13.1. The highest BCUT2D eigenvalue weighted by Crippen LogP contribution is 2.21. The highest BCUT2D eigenvalue weighted by atomic mass is 35.5. The second kappa shape index (κ2) is 8.36. The van der Waals surface area contributed by atoms with E-state index >= 15 is 0 Å². The van der Waals surface area contributed by atoms with Gasteiger partial charge in [0.05, 0.1) is 0 Å². The van der Waals surface area contributed by atoms with Gasteiger partial charge in [0.25, 0.3) is 5.91 Å². The van der Waals surface area contributed by atoms with Crippen molar-refractivity contribution in [3.8, 4) is 5.75 Å². The van der Waals surface area contributed by atoms with Gasteiger partial charge in [-0.25, -0.2) is 0 Å². The molecule has 5 nitrogen and oxygen atoms in total. The third-order valence-corrected chi connectivity index (χ3v) is 4.32. The Kier molecular flexibility index (Phi) is 6.49. The fraction of sp³-hybridized carbons (Fsp3) is 0.562. The molecule has 2 N–H and O–H groups in total. The van der Waals surface area contributed by atoms with Crippen LogP contribution in [0.5, 0.6) is 5.75 Å². The lowest BCUT2D eigenvalue weighted by Gasteiger charge is -2.34. The van der Waals surface area contributed by atoms with Crippen LogP contribution in [0.2, 0.25) is 5.02 Å². The molecule has 1 aromatic carbocycles. The Morgan fingerprint density at radius 2 is 2.05 bits per heavy atom. The molecule has 0 aliphatic carbocycles. The Bertz CT molecular complexity index is 502. The van der Waals surface area contributed by atoms with Crippen LogP contribution in [0.15, 0.2) is 18.2 Å². The summed E-state index contributed by atoms with van der Waals surface area (Å²) < 4.78 is 5.57. The Morgan fingerprint density at radius 1 is 1.32 bits per heavy atom. The molecule has 1 aliphatic rings. The molecule has 6 heteroatoms. The SMILES string of the molecule is Cc1cc(OCC(=O)N2CCN(CCCN)CC2)ccc1Cl. The first kappa shape index (κ1) is 17.1. The summed E-state index contributed by atoms with van der Waals surface area (Å²) in [6.45, 7) is 7.05. The van der Waals surface area contributed by atoms with E-state index < -0.39 is 0 Å². The monoisotopic (exact) mass is 325 g/mol. The first-order chi connectivity index (χ1) is 10.6. The Hall–Kier alpha value is -1.30. The van der Waals surface area contributed by atoms with E-state index in [1.807, 2.05) is 17.9 Å². The van der Waals surface area contributed by atoms with Crippen molar-refractivity contribution in [2.45, 2.75) is 13.3 Å². The van der Waals surface area contributed by atoms with Gasteiger partial charge in [0.1, 0.15) is 5.75 Å². The largest absolute Gasteiger partial charge is 0.484 e. The molecule has 0 unspecified atom stereocenters. The van der Waals surface area contributed by atoms with Crippen molar-refractivity contribution in [2.24, 2.45) is 5.73 Å². The van der Waals surface area contributed by atoms with Crippen LogP contribution >= 0.6 is 11.6 Å². The molecule has 0 aromatic heterocycles. The molecular formula is C16H24ClN3O2. The van der Waals surface area contributed by atoms with E-state index in [4.69, 9.17) is 22.1 Å². The third-order valence-electron chi connectivity index (χ3n) is 3.90. The molecular weight excluding hydrogens is 302 g/mol. The van der Waals surface area contributed by atoms with Crippen LogP contribution < -0.4 is 10.5 Å². The molecule has 1 amide bonds. The van der Waals surface area contributed by atoms with Crippen LogP contribution in [-0.2, 0) is 4.79 Å². The second-order valence-corrected chi connectivity index (χ2v) is 5.97. The predicted octanol–water partition coefficient (Wildman–Crippen LogP) is 1.52. The van der Waals surface area contributed by atoms with Gasteiger partial charge in [0.15, 0.2) is 6.61 Å². The Labute approximate surface area is 137 Å². The normalized spacial score (nSPS) is 15.9. The molecule has 2 rings (SSSR count). The average molecular weight is 326 g/mol. The molecule has 0 atom stereocenters. The molecule has 1 fully saturated rings. The van der Waals surface area contributed by atoms with Gasteiger partial charge in [-0.05, 0) is 50.2 Å². The van der Waals surface area contributed by atoms with Crippen molar-refractivity contribution in [3.05, 3.63) is 28.8 Å². The van der Waals surface area contributed by atoms with Crippen molar-refractivity contribution in [1.82, 2.24) is 9.80 Å². The average Bonchev–Trinajstić information content (AvgIpc) is 2.54. The van der Waals surface area contributed by atoms with Gasteiger partial charge in [-0.15, -0.1) is 0 Å². The summed E-state index contributed by atoms with van der Waals surface area (Å²) in [5.41, 5.74) is 6.46. The van der Waals surface area contributed by atoms with Crippen molar-refractivity contribution in [2.75, 3.05) is 45.9 Å². The van der Waals surface area contributed by atoms with E-state index in [0.29, 0.717) is 17.3 Å². The summed E-state index contributed by atoms with van der Waals surface area (Å²) in [6, 6.07) is 5.42. The molecule has 0 saturated carbocycles. The van der Waals surface area contributed by atoms with Crippen molar-refractivity contribution in [3.63, 3.8) is 0 Å². The van der Waals surface area contributed by atoms with Crippen molar-refractivity contribution < 1.29 is 9.53 Å². The second-order valence-electron chi connectivity index (χ2n) is 5.56. The van der Waals surface area contributed by atoms with Crippen LogP contribution in [0.3, 0.4) is 0 Å². The lowest BCUT2D eigenvalue weighted by Crippen LogP contribution is -2.50. The molecule has 0 radical (unpaired) electrons. The summed E-state index contributed by atoms with van der Waals surface area (Å²) >= 11 is 5.97. The fourth-order valence-electron chi connectivity index (χ4n) is 2.48. The highest BCUT2D eigenvalue weighted by Gasteiger charge is 2.20. The summed E-state index contributed by atoms with van der Waals surface area (Å²) in [5, 5.41) is 0.701. The van der Waals surface area contributed by atoms with Crippen LogP contribution in [-0.4, -0.2) is 61.6 Å². The standard InChI is InChI=1S/C16H24ClN3O2/c1-13-11-14(3-4-15(13)17)22-12-16(21)20-9-7-19(8-10-20)6-2-5-18/h3-4,11H,2,5-10,12,18H2,1H3. The minimum absolute atomic E-state index is 0.0334. The van der Waals surface area contributed by atoms with E-state index in [0.717, 1.165) is 44.7 Å². The molecule has 22 heavy (non-hydrogen) atoms. The summed E-state index contributed by atoms with van der Waals surface area (Å²) in [7, 11) is 0. The van der Waals surface area contributed by atoms with Crippen LogP contribution in [0.4, 0.5) is 0 Å². The minimum atomic E-state index is 0.0334. The van der Waals surface area contributed by atoms with Gasteiger partial charge in [-0.2, -0.15) is 0 Å². The number of ether oxygens (including phenoxy) is 1. The number of carbonyl (C=O) groups is 1. The number of halogens is 1. The highest BCUT2D eigenvalue weighted by molar-refractivity contribution is 6.31. The number of aryl methyl sites for hydroxylation is 1. The van der Waals surface area contributed by atoms with Gasteiger partial charge in [-0.1, -0.05) is 11.6 Å². The maximum atomic E-state index is 12.2. The summed E-state index contributed by atoms with van der Waals surface area (Å²) in [6.07, 6.45) is 1.01. The van der Waals surface area contributed by atoms with E-state index in [1.54, 1.807) is 12.1 Å². The lowest BCUT2D eigenvalue weighted by atomic mass is 10.2. The minimum Gasteiger partial charge on any atom is -0.484 e. The van der Waals surface area contributed by atoms with Crippen LogP contribution in [0, 0.1) is 6.92 Å². The molecule has 0 bridgehead atoms. The number of hydrogen-bond donors (Lipinski definition) is 1. The van der Waals surface area contributed by atoms with Crippen molar-refractivity contribution in [1.29, 1.82) is 0 Å². The smallest absolute Gasteiger partial charge is 0.260 e. The number of benzene rings is 1. The van der Waals surface area contributed by atoms with Crippen molar-refractivity contribution >= 4 is 17.5 Å².